The van der Waals surface area contributed by atoms with Gasteiger partial charge in [0.05, 0.1) is 0 Å². The molecular weight excluding hydrogens is 463 g/mol. The maximum atomic E-state index is 13.5. The summed E-state index contributed by atoms with van der Waals surface area (Å²) in [5, 5.41) is 10.6. The lowest BCUT2D eigenvalue weighted by molar-refractivity contribution is -0.333. The maximum Gasteiger partial charge on any atom is 0.433 e. The van der Waals surface area contributed by atoms with E-state index in [0.717, 1.165) is 50.9 Å². The van der Waals surface area contributed by atoms with E-state index in [4.69, 9.17) is 0 Å². The van der Waals surface area contributed by atoms with Gasteiger partial charge in [-0.05, 0) is 91.2 Å². The Kier molecular flexibility index (Phi) is 3.49. The Balaban J connectivity index is 1.18. The van der Waals surface area contributed by atoms with Gasteiger partial charge in [-0.2, -0.15) is 13.2 Å². The van der Waals surface area contributed by atoms with Crippen molar-refractivity contribution in [3.05, 3.63) is 53.2 Å². The van der Waals surface area contributed by atoms with Crippen molar-refractivity contribution >= 4 is 5.82 Å². The topological polar surface area (TPSA) is 39.6 Å². The summed E-state index contributed by atoms with van der Waals surface area (Å²) >= 11 is 0. The molecule has 5 aliphatic carbocycles. The van der Waals surface area contributed by atoms with Crippen LogP contribution < -0.4 is 4.90 Å². The minimum absolute atomic E-state index is 0.0446. The summed E-state index contributed by atoms with van der Waals surface area (Å²) in [5.74, 6) is 1.72. The highest BCUT2D eigenvalue weighted by Crippen LogP contribution is 2.90. The van der Waals surface area contributed by atoms with E-state index in [2.05, 4.69) is 26.9 Å². The molecule has 7 heteroatoms. The summed E-state index contributed by atoms with van der Waals surface area (Å²) in [6.45, 7) is 1.95. The van der Waals surface area contributed by atoms with Crippen molar-refractivity contribution in [3.8, 4) is 5.75 Å². The van der Waals surface area contributed by atoms with E-state index in [1.54, 1.807) is 6.07 Å². The van der Waals surface area contributed by atoms with Crippen LogP contribution in [0.4, 0.5) is 19.0 Å². The molecule has 4 nitrogen and oxygen atoms in total. The fraction of sp³-hybridized carbons (Fsp3) is 0.621. The summed E-state index contributed by atoms with van der Waals surface area (Å²) in [6, 6.07) is 12.0. The first-order valence-corrected chi connectivity index (χ1v) is 13.7. The summed E-state index contributed by atoms with van der Waals surface area (Å²) < 4.78 is 40.5. The maximum absolute atomic E-state index is 13.5. The van der Waals surface area contributed by atoms with Gasteiger partial charge in [0.15, 0.2) is 0 Å². The third kappa shape index (κ3) is 1.96. The van der Waals surface area contributed by atoms with E-state index in [9.17, 15) is 18.3 Å². The Morgan fingerprint density at radius 3 is 2.69 bits per heavy atom. The van der Waals surface area contributed by atoms with E-state index < -0.39 is 11.9 Å². The zero-order valence-electron chi connectivity index (χ0n) is 20.1. The molecule has 4 saturated carbocycles. The van der Waals surface area contributed by atoms with Gasteiger partial charge in [0, 0.05) is 42.0 Å². The van der Waals surface area contributed by atoms with Gasteiger partial charge in [-0.15, -0.1) is 0 Å². The summed E-state index contributed by atoms with van der Waals surface area (Å²) in [6.07, 6.45) is 3.98. The molecule has 7 atom stereocenters. The van der Waals surface area contributed by atoms with Gasteiger partial charge >= 0.3 is 6.18 Å². The molecule has 3 heterocycles. The molecule has 1 aromatic heterocycles. The SMILES string of the molecule is Oc1ccc2c(c1)C13C4C5CCC1(C[C@@H]4CN5c1cccc(C(F)(F)F)n1)C1N(C4CCC4)CC13C2. The lowest BCUT2D eigenvalue weighted by atomic mass is 9.26. The Morgan fingerprint density at radius 2 is 1.92 bits per heavy atom. The number of aromatic nitrogens is 1. The average Bonchev–Trinajstić information content (AvgIpc) is 3.31. The molecule has 1 N–H and O–H groups in total. The fourth-order valence-electron chi connectivity index (χ4n) is 11.4. The number of fused-ring (bicyclic) bond motifs is 1. The highest BCUT2D eigenvalue weighted by atomic mass is 19.4. The second kappa shape index (κ2) is 6.06. The molecule has 9 rings (SSSR count). The summed E-state index contributed by atoms with van der Waals surface area (Å²) in [7, 11) is 0. The van der Waals surface area contributed by atoms with Crippen LogP contribution in [-0.4, -0.2) is 46.2 Å². The van der Waals surface area contributed by atoms with Crippen molar-refractivity contribution in [2.24, 2.45) is 22.7 Å². The van der Waals surface area contributed by atoms with Gasteiger partial charge in [-0.3, -0.25) is 4.90 Å². The Morgan fingerprint density at radius 1 is 1.06 bits per heavy atom. The number of halogens is 3. The number of aromatic hydroxyl groups is 1. The number of hydrogen-bond donors (Lipinski definition) is 1. The Bertz CT molecular complexity index is 1330. The smallest absolute Gasteiger partial charge is 0.433 e. The molecule has 1 aromatic carbocycles. The number of piperidine rings is 1. The first-order chi connectivity index (χ1) is 17.3. The van der Waals surface area contributed by atoms with Gasteiger partial charge in [-0.1, -0.05) is 18.6 Å². The van der Waals surface area contributed by atoms with Crippen LogP contribution in [0.15, 0.2) is 36.4 Å². The van der Waals surface area contributed by atoms with Crippen molar-refractivity contribution in [2.45, 2.75) is 74.7 Å². The number of nitrogens with zero attached hydrogens (tertiary/aromatic N) is 3. The second-order valence-corrected chi connectivity index (χ2v) is 12.9. The molecule has 6 fully saturated rings. The van der Waals surface area contributed by atoms with Crippen molar-refractivity contribution in [2.75, 3.05) is 18.0 Å². The molecule has 2 bridgehead atoms. The number of benzene rings is 1. The molecular formula is C29H30F3N3O. The van der Waals surface area contributed by atoms with E-state index >= 15 is 0 Å². The fourth-order valence-corrected chi connectivity index (χ4v) is 11.4. The first kappa shape index (κ1) is 20.7. The van der Waals surface area contributed by atoms with Crippen molar-refractivity contribution < 1.29 is 18.3 Å². The largest absolute Gasteiger partial charge is 0.508 e. The molecule has 0 radical (unpaired) electrons. The Hall–Kier alpha value is -2.28. The van der Waals surface area contributed by atoms with Gasteiger partial charge in [0.1, 0.15) is 17.3 Å². The summed E-state index contributed by atoms with van der Waals surface area (Å²) in [5.41, 5.74) is 2.51. The number of rotatable bonds is 2. The predicted molar refractivity (Wildman–Crippen MR) is 128 cm³/mol. The third-order valence-electron chi connectivity index (χ3n) is 12.1. The van der Waals surface area contributed by atoms with E-state index in [-0.39, 0.29) is 22.3 Å². The highest BCUT2D eigenvalue weighted by molar-refractivity contribution is 5.63. The zero-order valence-corrected chi connectivity index (χ0v) is 20.1. The molecule has 7 aliphatic rings. The lowest BCUT2D eigenvalue weighted by Crippen LogP contribution is -2.92. The second-order valence-electron chi connectivity index (χ2n) is 12.9. The van der Waals surface area contributed by atoms with Crippen molar-refractivity contribution in [1.82, 2.24) is 9.88 Å². The van der Waals surface area contributed by atoms with E-state index in [0.29, 0.717) is 29.4 Å². The van der Waals surface area contributed by atoms with Gasteiger partial charge in [-0.25, -0.2) is 4.98 Å². The van der Waals surface area contributed by atoms with E-state index in [1.807, 2.05) is 6.07 Å². The molecule has 2 aliphatic heterocycles. The minimum atomic E-state index is -4.43. The van der Waals surface area contributed by atoms with Crippen molar-refractivity contribution in [1.29, 1.82) is 0 Å². The average molecular weight is 494 g/mol. The zero-order chi connectivity index (χ0) is 24.2. The minimum Gasteiger partial charge on any atom is -0.508 e. The number of phenolic OH excluding ortho intramolecular Hbond substituents is 1. The van der Waals surface area contributed by atoms with Crippen LogP contribution in [0.1, 0.15) is 55.3 Å². The molecule has 0 amide bonds. The number of pyridine rings is 1. The predicted octanol–water partition coefficient (Wildman–Crippen LogP) is 5.14. The van der Waals surface area contributed by atoms with Gasteiger partial charge in [0.2, 0.25) is 0 Å². The number of hydrogen-bond acceptors (Lipinski definition) is 4. The van der Waals surface area contributed by atoms with Crippen LogP contribution in [0.2, 0.25) is 0 Å². The molecule has 36 heavy (non-hydrogen) atoms. The number of alkyl halides is 3. The molecule has 2 saturated heterocycles. The summed E-state index contributed by atoms with van der Waals surface area (Å²) in [4.78, 5) is 9.21. The normalized spacial score (nSPS) is 43.7. The van der Waals surface area contributed by atoms with Crippen LogP contribution in [0, 0.1) is 22.7 Å². The number of phenols is 1. The van der Waals surface area contributed by atoms with Gasteiger partial charge < -0.3 is 10.0 Å². The quantitative estimate of drug-likeness (QED) is 0.629. The van der Waals surface area contributed by atoms with Crippen molar-refractivity contribution in [3.63, 3.8) is 0 Å². The lowest BCUT2D eigenvalue weighted by Gasteiger charge is -2.85. The molecule has 6 unspecified atom stereocenters. The van der Waals surface area contributed by atoms with Crippen LogP contribution in [0.5, 0.6) is 5.75 Å². The van der Waals surface area contributed by atoms with Crippen LogP contribution in [-0.2, 0) is 18.0 Å². The third-order valence-corrected chi connectivity index (χ3v) is 12.1. The molecule has 2 aromatic rings. The van der Waals surface area contributed by atoms with Gasteiger partial charge in [0.25, 0.3) is 0 Å². The standard InChI is InChI=1S/C29H30F3N3O/c30-29(31,32)22-5-2-6-23(33-22)34-14-17-13-26-10-9-21(34)24(17)28(26)20-11-19(36)8-7-16(20)12-27(28)15-35(25(26)27)18-3-1-4-18/h2,5-8,11,17-18,21,24-25,36H,1,3-4,9-10,12-15H2/t17-,21?,24?,25?,26?,27?,28?/m1/s1. The van der Waals surface area contributed by atoms with Crippen LogP contribution in [0.25, 0.3) is 0 Å². The van der Waals surface area contributed by atoms with E-state index in [1.165, 1.54) is 36.5 Å². The monoisotopic (exact) mass is 493 g/mol. The highest BCUT2D eigenvalue weighted by Gasteiger charge is 2.93. The number of likely N-dealkylation sites (tertiary alicyclic amines) is 1. The van der Waals surface area contributed by atoms with Crippen LogP contribution in [0.3, 0.4) is 0 Å². The molecule has 188 valence electrons. The Labute approximate surface area is 208 Å². The molecule has 2 spiro atoms. The number of anilines is 1. The van der Waals surface area contributed by atoms with Crippen LogP contribution >= 0.6 is 0 Å². The first-order valence-electron chi connectivity index (χ1n) is 13.7.